The molecule has 6 heteroatoms. The van der Waals surface area contributed by atoms with Crippen molar-refractivity contribution in [2.75, 3.05) is 0 Å². The highest BCUT2D eigenvalue weighted by Gasteiger charge is 2.03. The van der Waals surface area contributed by atoms with E-state index in [0.29, 0.717) is 0 Å². The monoisotopic (exact) mass is 200 g/mol. The summed E-state index contributed by atoms with van der Waals surface area (Å²) >= 11 is 0. The maximum absolute atomic E-state index is 11.1. The van der Waals surface area contributed by atoms with Crippen molar-refractivity contribution in [1.82, 2.24) is 0 Å². The van der Waals surface area contributed by atoms with E-state index < -0.39 is 14.7 Å². The third-order valence-corrected chi connectivity index (χ3v) is 2.54. The zero-order valence-electron chi connectivity index (χ0n) is 6.41. The predicted octanol–water partition coefficient (Wildman–Crippen LogP) is 0.265. The van der Waals surface area contributed by atoms with Gasteiger partial charge in [0.25, 0.3) is 0 Å². The lowest BCUT2D eigenvalue weighted by Gasteiger charge is -2.04. The van der Waals surface area contributed by atoms with Gasteiger partial charge in [0, 0.05) is 10.4 Å². The minimum Gasteiger partial charge on any atom is -0.447 e. The predicted molar refractivity (Wildman–Crippen MR) is 44.0 cm³/mol. The Morgan fingerprint density at radius 1 is 1.31 bits per heavy atom. The van der Waals surface area contributed by atoms with Crippen LogP contribution in [-0.4, -0.2) is 24.1 Å². The van der Waals surface area contributed by atoms with Gasteiger partial charge >= 0.3 is 0 Å². The van der Waals surface area contributed by atoms with E-state index in [1.807, 2.05) is 0 Å². The average Bonchev–Trinajstić information content (AvgIpc) is 2.04. The highest BCUT2D eigenvalue weighted by molar-refractivity contribution is 8.04. The Morgan fingerprint density at radius 3 is 2.31 bits per heavy atom. The van der Waals surface area contributed by atoms with Crippen molar-refractivity contribution >= 4 is 15.4 Å². The Balaban J connectivity index is 3.18. The summed E-state index contributed by atoms with van der Waals surface area (Å²) in [6.45, 7) is 0. The van der Waals surface area contributed by atoms with Crippen LogP contribution >= 0.6 is 0 Å². The molecule has 0 aliphatic heterocycles. The number of nitrogens with zero attached hydrogens (tertiary/aromatic N) is 1. The molecule has 70 valence electrons. The van der Waals surface area contributed by atoms with Crippen LogP contribution in [0.1, 0.15) is 0 Å². The number of sulfone groups is 1. The summed E-state index contributed by atoms with van der Waals surface area (Å²) in [5.41, 5.74) is 1.34. The molecule has 0 fully saturated rings. The first-order valence-electron chi connectivity index (χ1n) is 3.26. The fourth-order valence-electron chi connectivity index (χ4n) is 0.755. The summed E-state index contributed by atoms with van der Waals surface area (Å²) in [6.07, 6.45) is 0. The number of hydrogen-bond donors (Lipinski definition) is 1. The molecule has 0 aromatic heterocycles. The first-order chi connectivity index (χ1) is 6.02. The molecule has 0 bridgehead atoms. The minimum absolute atomic E-state index is 0.0927. The van der Waals surface area contributed by atoms with Crippen LogP contribution in [0.4, 0.5) is 0 Å². The Morgan fingerprint density at radius 2 is 1.85 bits per heavy atom. The lowest BCUT2D eigenvalue weighted by atomic mass is 10.4. The number of hydrogen-bond acceptors (Lipinski definition) is 4. The van der Waals surface area contributed by atoms with Gasteiger partial charge in [-0.15, -0.1) is 4.90 Å². The lowest BCUT2D eigenvalue weighted by Crippen LogP contribution is -2.09. The number of rotatable bonds is 2. The molecule has 0 atom stereocenters. The summed E-state index contributed by atoms with van der Waals surface area (Å²) in [4.78, 5) is -0.951. The highest BCUT2D eigenvalue weighted by Crippen LogP contribution is 2.06. The van der Waals surface area contributed by atoms with E-state index in [-0.39, 0.29) is 4.90 Å². The van der Waals surface area contributed by atoms with Gasteiger partial charge in [0.15, 0.2) is 0 Å². The second-order valence-corrected chi connectivity index (χ2v) is 3.84. The molecule has 1 rings (SSSR count). The molecule has 1 aromatic rings. The van der Waals surface area contributed by atoms with Gasteiger partial charge in [0.2, 0.25) is 0 Å². The van der Waals surface area contributed by atoms with Crippen molar-refractivity contribution in [1.29, 1.82) is 0 Å². The topological polar surface area (TPSA) is 80.4 Å². The molecule has 0 unspecified atom stereocenters. The molecule has 0 amide bonds. The molecular formula is C7H6NO4S-. The Labute approximate surface area is 75.0 Å². The van der Waals surface area contributed by atoms with E-state index in [1.165, 1.54) is 29.8 Å². The van der Waals surface area contributed by atoms with Crippen molar-refractivity contribution in [3.05, 3.63) is 35.5 Å². The van der Waals surface area contributed by atoms with Gasteiger partial charge in [0.05, 0.1) is 0 Å². The molecule has 0 saturated carbocycles. The minimum atomic E-state index is -3.95. The molecule has 1 aromatic carbocycles. The van der Waals surface area contributed by atoms with E-state index in [2.05, 4.69) is 0 Å². The lowest BCUT2D eigenvalue weighted by molar-refractivity contribution is -0.721. The Kier molecular flexibility index (Phi) is 2.52. The summed E-state index contributed by atoms with van der Waals surface area (Å²) in [5.74, 6) is 0. The van der Waals surface area contributed by atoms with Crippen molar-refractivity contribution in [3.8, 4) is 0 Å². The fraction of sp³-hybridized carbons (Fsp3) is 0. The normalized spacial score (nSPS) is 12.8. The van der Waals surface area contributed by atoms with E-state index in [1.54, 1.807) is 6.07 Å². The molecule has 0 aliphatic rings. The van der Waals surface area contributed by atoms with Crippen LogP contribution in [-0.2, 0) is 9.84 Å². The largest absolute Gasteiger partial charge is 0.447 e. The Hall–Kier alpha value is -1.56. The van der Waals surface area contributed by atoms with Crippen molar-refractivity contribution < 1.29 is 18.5 Å². The molecule has 0 saturated heterocycles. The maximum atomic E-state index is 11.1. The van der Waals surface area contributed by atoms with Gasteiger partial charge in [-0.05, 0) is 12.1 Å². The third-order valence-electron chi connectivity index (χ3n) is 1.25. The van der Waals surface area contributed by atoms with Crippen molar-refractivity contribution in [3.63, 3.8) is 0 Å². The van der Waals surface area contributed by atoms with Gasteiger partial charge in [-0.1, -0.05) is 18.2 Å². The summed E-state index contributed by atoms with van der Waals surface area (Å²) < 4.78 is 22.3. The molecule has 5 nitrogen and oxygen atoms in total. The standard InChI is InChI=1S/C7H6NO4S/c9-8(10)6-13(11,12)7-4-2-1-3-5-7/h1-5H,(H,9,10)/q-1. The average molecular weight is 200 g/mol. The van der Waals surface area contributed by atoms with Crippen LogP contribution in [0.25, 0.3) is 0 Å². The zero-order chi connectivity index (χ0) is 9.90. The molecule has 0 spiro atoms. The van der Waals surface area contributed by atoms with Crippen LogP contribution in [0.5, 0.6) is 0 Å². The zero-order valence-corrected chi connectivity index (χ0v) is 7.23. The quantitative estimate of drug-likeness (QED) is 0.185. The van der Waals surface area contributed by atoms with Crippen LogP contribution < -0.4 is 0 Å². The number of benzene rings is 1. The van der Waals surface area contributed by atoms with Crippen LogP contribution in [0.2, 0.25) is 0 Å². The SMILES string of the molecule is O=S(=O)([C-]=[N+]([O-])O)c1ccccc1. The molecule has 1 N–H and O–H groups in total. The second-order valence-electron chi connectivity index (χ2n) is 2.18. The molecule has 0 aliphatic carbocycles. The van der Waals surface area contributed by atoms with Gasteiger partial charge in [-0.3, -0.25) is 13.6 Å². The van der Waals surface area contributed by atoms with E-state index in [4.69, 9.17) is 5.21 Å². The summed E-state index contributed by atoms with van der Waals surface area (Å²) in [6, 6.07) is 7.23. The van der Waals surface area contributed by atoms with E-state index >= 15 is 0 Å². The molecular weight excluding hydrogens is 194 g/mol. The van der Waals surface area contributed by atoms with Crippen molar-refractivity contribution in [2.45, 2.75) is 4.90 Å². The van der Waals surface area contributed by atoms with Crippen LogP contribution in [0.3, 0.4) is 0 Å². The fourth-order valence-corrected chi connectivity index (χ4v) is 1.58. The first kappa shape index (κ1) is 9.53. The smallest absolute Gasteiger partial charge is 0.111 e. The van der Waals surface area contributed by atoms with Gasteiger partial charge in [-0.2, -0.15) is 0 Å². The summed E-state index contributed by atoms with van der Waals surface area (Å²) in [5, 5.41) is 18.2. The third kappa shape index (κ3) is 2.45. The van der Waals surface area contributed by atoms with Gasteiger partial charge in [0.1, 0.15) is 9.84 Å². The highest BCUT2D eigenvalue weighted by atomic mass is 32.2. The molecule has 0 heterocycles. The van der Waals surface area contributed by atoms with E-state index in [0.717, 1.165) is 0 Å². The maximum Gasteiger partial charge on any atom is 0.111 e. The van der Waals surface area contributed by atoms with E-state index in [9.17, 15) is 13.6 Å². The molecule has 13 heavy (non-hydrogen) atoms. The Bertz CT molecular complexity index is 405. The van der Waals surface area contributed by atoms with Crippen LogP contribution in [0, 0.1) is 5.21 Å². The first-order valence-corrected chi connectivity index (χ1v) is 4.74. The van der Waals surface area contributed by atoms with Gasteiger partial charge in [-0.25, -0.2) is 0 Å². The van der Waals surface area contributed by atoms with Crippen molar-refractivity contribution in [2.24, 2.45) is 0 Å². The summed E-state index contributed by atoms with van der Waals surface area (Å²) in [7, 11) is -3.95. The van der Waals surface area contributed by atoms with Crippen LogP contribution in [0.15, 0.2) is 35.2 Å². The molecule has 0 radical (unpaired) electrons. The van der Waals surface area contributed by atoms with Gasteiger partial charge < -0.3 is 5.21 Å². The second kappa shape index (κ2) is 3.44.